The first-order valence-electron chi connectivity index (χ1n) is 7.66. The van der Waals surface area contributed by atoms with Crippen molar-refractivity contribution in [3.8, 4) is 11.5 Å². The van der Waals surface area contributed by atoms with E-state index in [0.29, 0.717) is 11.5 Å². The Balaban J connectivity index is 1.80. The molecule has 142 valence electrons. The summed E-state index contributed by atoms with van der Waals surface area (Å²) in [5.41, 5.74) is 0.229. The molecule has 0 bridgehead atoms. The van der Waals surface area contributed by atoms with Crippen molar-refractivity contribution in [1.82, 2.24) is 0 Å². The second-order valence-electron chi connectivity index (χ2n) is 5.66. The predicted molar refractivity (Wildman–Crippen MR) is 96.5 cm³/mol. The average Bonchev–Trinajstić information content (AvgIpc) is 3.06. The van der Waals surface area contributed by atoms with Gasteiger partial charge in [-0.3, -0.25) is 19.2 Å². The Morgan fingerprint density at radius 2 is 1.96 bits per heavy atom. The number of rotatable bonds is 6. The van der Waals surface area contributed by atoms with Crippen LogP contribution >= 0.6 is 0 Å². The number of hydrogen-bond donors (Lipinski definition) is 1. The topological polar surface area (TPSA) is 128 Å². The van der Waals surface area contributed by atoms with Gasteiger partial charge in [-0.2, -0.15) is 0 Å². The number of anilines is 2. The minimum atomic E-state index is -3.78. The van der Waals surface area contributed by atoms with Crippen LogP contribution in [0.4, 0.5) is 17.1 Å². The van der Waals surface area contributed by atoms with Crippen LogP contribution in [0.15, 0.2) is 42.5 Å². The quantitative estimate of drug-likeness (QED) is 0.584. The number of non-ortho nitro benzene ring substituents is 1. The zero-order valence-electron chi connectivity index (χ0n) is 14.1. The van der Waals surface area contributed by atoms with Crippen molar-refractivity contribution in [2.24, 2.45) is 0 Å². The van der Waals surface area contributed by atoms with Gasteiger partial charge >= 0.3 is 0 Å². The van der Waals surface area contributed by atoms with E-state index in [0.717, 1.165) is 10.6 Å². The Morgan fingerprint density at radius 1 is 1.22 bits per heavy atom. The number of amides is 1. The summed E-state index contributed by atoms with van der Waals surface area (Å²) in [5.74, 6) is 0.201. The number of fused-ring (bicyclic) bond motifs is 1. The molecule has 1 heterocycles. The molecule has 27 heavy (non-hydrogen) atoms. The minimum Gasteiger partial charge on any atom is -0.454 e. The van der Waals surface area contributed by atoms with E-state index in [4.69, 9.17) is 9.47 Å². The number of sulfonamides is 1. The molecule has 0 saturated carbocycles. The van der Waals surface area contributed by atoms with E-state index in [1.54, 1.807) is 6.07 Å². The van der Waals surface area contributed by atoms with Crippen molar-refractivity contribution in [1.29, 1.82) is 0 Å². The van der Waals surface area contributed by atoms with Crippen LogP contribution < -0.4 is 19.1 Å². The summed E-state index contributed by atoms with van der Waals surface area (Å²) in [5, 5.41) is 13.3. The Kier molecular flexibility index (Phi) is 4.86. The molecule has 1 amide bonds. The number of nitrogens with one attached hydrogen (secondary N) is 1. The van der Waals surface area contributed by atoms with E-state index in [1.807, 2.05) is 0 Å². The molecule has 0 radical (unpaired) electrons. The standard InChI is InChI=1S/C16H15N3O7S/c1-27(23,24)18(12-5-6-14-15(8-12)26-10-25-14)9-16(20)17-11-3-2-4-13(7-11)19(21)22/h2-8H,9-10H2,1H3,(H,17,20). The smallest absolute Gasteiger partial charge is 0.271 e. The third-order valence-electron chi connectivity index (χ3n) is 3.67. The molecule has 2 aromatic carbocycles. The Labute approximate surface area is 154 Å². The molecule has 10 nitrogen and oxygen atoms in total. The highest BCUT2D eigenvalue weighted by molar-refractivity contribution is 7.92. The maximum atomic E-state index is 12.3. The molecule has 3 rings (SSSR count). The van der Waals surface area contributed by atoms with Gasteiger partial charge in [0, 0.05) is 23.9 Å². The number of benzene rings is 2. The molecule has 1 N–H and O–H groups in total. The third kappa shape index (κ3) is 4.26. The summed E-state index contributed by atoms with van der Waals surface area (Å²) >= 11 is 0. The number of nitrogens with zero attached hydrogens (tertiary/aromatic N) is 2. The van der Waals surface area contributed by atoms with Gasteiger partial charge in [0.05, 0.1) is 16.9 Å². The minimum absolute atomic E-state index is 0.0327. The van der Waals surface area contributed by atoms with Gasteiger partial charge in [-0.15, -0.1) is 0 Å². The van der Waals surface area contributed by atoms with Crippen LogP contribution in [-0.4, -0.2) is 38.8 Å². The summed E-state index contributed by atoms with van der Waals surface area (Å²) in [6, 6.07) is 9.86. The van der Waals surface area contributed by atoms with Crippen molar-refractivity contribution in [3.05, 3.63) is 52.6 Å². The van der Waals surface area contributed by atoms with Crippen LogP contribution in [0.5, 0.6) is 11.5 Å². The van der Waals surface area contributed by atoms with Crippen molar-refractivity contribution in [2.45, 2.75) is 0 Å². The van der Waals surface area contributed by atoms with Crippen LogP contribution in [0.25, 0.3) is 0 Å². The molecule has 0 aromatic heterocycles. The summed E-state index contributed by atoms with van der Waals surface area (Å²) < 4.78 is 35.6. The highest BCUT2D eigenvalue weighted by Crippen LogP contribution is 2.36. The van der Waals surface area contributed by atoms with Gasteiger partial charge in [-0.1, -0.05) is 6.07 Å². The van der Waals surface area contributed by atoms with Crippen LogP contribution in [-0.2, 0) is 14.8 Å². The highest BCUT2D eigenvalue weighted by atomic mass is 32.2. The molecule has 11 heteroatoms. The second kappa shape index (κ2) is 7.11. The molecular weight excluding hydrogens is 378 g/mol. The van der Waals surface area contributed by atoms with Gasteiger partial charge in [0.15, 0.2) is 11.5 Å². The summed E-state index contributed by atoms with van der Waals surface area (Å²) in [7, 11) is -3.78. The lowest BCUT2D eigenvalue weighted by Crippen LogP contribution is -2.37. The zero-order chi connectivity index (χ0) is 19.6. The molecule has 2 aromatic rings. The third-order valence-corrected chi connectivity index (χ3v) is 4.81. The van der Waals surface area contributed by atoms with E-state index in [9.17, 15) is 23.3 Å². The van der Waals surface area contributed by atoms with Crippen LogP contribution in [0.3, 0.4) is 0 Å². The molecule has 0 fully saturated rings. The van der Waals surface area contributed by atoms with E-state index in [-0.39, 0.29) is 23.9 Å². The van der Waals surface area contributed by atoms with Gasteiger partial charge in [0.2, 0.25) is 22.7 Å². The summed E-state index contributed by atoms with van der Waals surface area (Å²) in [6.07, 6.45) is 0.970. The van der Waals surface area contributed by atoms with Gasteiger partial charge in [0.1, 0.15) is 6.54 Å². The number of ether oxygens (including phenoxy) is 2. The fraction of sp³-hybridized carbons (Fsp3) is 0.188. The molecule has 1 aliphatic heterocycles. The number of nitro groups is 1. The van der Waals surface area contributed by atoms with Crippen LogP contribution in [0, 0.1) is 10.1 Å². The maximum absolute atomic E-state index is 12.3. The molecule has 0 saturated heterocycles. The Hall–Kier alpha value is -3.34. The zero-order valence-corrected chi connectivity index (χ0v) is 14.9. The second-order valence-corrected chi connectivity index (χ2v) is 7.57. The molecule has 0 aliphatic carbocycles. The Bertz CT molecular complexity index is 1010. The maximum Gasteiger partial charge on any atom is 0.271 e. The van der Waals surface area contributed by atoms with Crippen LogP contribution in [0.1, 0.15) is 0 Å². The molecule has 0 atom stereocenters. The van der Waals surface area contributed by atoms with E-state index in [1.165, 1.54) is 36.4 Å². The Morgan fingerprint density at radius 3 is 2.67 bits per heavy atom. The van der Waals surface area contributed by atoms with Gasteiger partial charge < -0.3 is 14.8 Å². The van der Waals surface area contributed by atoms with Gasteiger partial charge in [0.25, 0.3) is 5.69 Å². The number of nitro benzene ring substituents is 1. The summed E-state index contributed by atoms with van der Waals surface area (Å²) in [4.78, 5) is 22.5. The summed E-state index contributed by atoms with van der Waals surface area (Å²) in [6.45, 7) is -0.480. The van der Waals surface area contributed by atoms with Gasteiger partial charge in [-0.25, -0.2) is 8.42 Å². The van der Waals surface area contributed by atoms with Crippen LogP contribution in [0.2, 0.25) is 0 Å². The van der Waals surface area contributed by atoms with E-state index in [2.05, 4.69) is 5.32 Å². The number of carbonyl (C=O) groups excluding carboxylic acids is 1. The molecule has 0 spiro atoms. The SMILES string of the molecule is CS(=O)(=O)N(CC(=O)Nc1cccc([N+](=O)[O-])c1)c1ccc2c(c1)OCO2. The van der Waals surface area contributed by atoms with Crippen molar-refractivity contribution in [3.63, 3.8) is 0 Å². The lowest BCUT2D eigenvalue weighted by atomic mass is 10.2. The van der Waals surface area contributed by atoms with E-state index < -0.39 is 27.4 Å². The largest absolute Gasteiger partial charge is 0.454 e. The fourth-order valence-corrected chi connectivity index (χ4v) is 3.32. The lowest BCUT2D eigenvalue weighted by Gasteiger charge is -2.22. The monoisotopic (exact) mass is 393 g/mol. The predicted octanol–water partition coefficient (Wildman–Crippen LogP) is 1.73. The van der Waals surface area contributed by atoms with Crippen molar-refractivity contribution >= 4 is 33.0 Å². The lowest BCUT2D eigenvalue weighted by molar-refractivity contribution is -0.384. The first kappa shape index (κ1) is 18.5. The highest BCUT2D eigenvalue weighted by Gasteiger charge is 2.24. The number of hydrogen-bond acceptors (Lipinski definition) is 7. The average molecular weight is 393 g/mol. The van der Waals surface area contributed by atoms with Crippen molar-refractivity contribution < 1.29 is 27.6 Å². The number of carbonyl (C=O) groups is 1. The fourth-order valence-electron chi connectivity index (χ4n) is 2.47. The normalized spacial score (nSPS) is 12.5. The molecule has 0 unspecified atom stereocenters. The molecular formula is C16H15N3O7S. The van der Waals surface area contributed by atoms with Gasteiger partial charge in [-0.05, 0) is 18.2 Å². The van der Waals surface area contributed by atoms with Crippen molar-refractivity contribution in [2.75, 3.05) is 29.2 Å². The molecule has 1 aliphatic rings. The first-order valence-corrected chi connectivity index (χ1v) is 9.50. The van der Waals surface area contributed by atoms with E-state index >= 15 is 0 Å². The first-order chi connectivity index (χ1) is 12.7.